The normalized spacial score (nSPS) is 14.6. The Morgan fingerprint density at radius 3 is 1.44 bits per heavy atom. The van der Waals surface area contributed by atoms with Crippen LogP contribution in [0.2, 0.25) is 0 Å². The van der Waals surface area contributed by atoms with Crippen LogP contribution in [0, 0.1) is 10.8 Å². The van der Waals surface area contributed by atoms with Crippen LogP contribution in [0.5, 0.6) is 0 Å². The van der Waals surface area contributed by atoms with Crippen LogP contribution in [0.1, 0.15) is 26.7 Å². The lowest BCUT2D eigenvalue weighted by Crippen LogP contribution is -2.54. The second-order valence-electron chi connectivity index (χ2n) is 4.27. The fraction of sp³-hybridized carbons (Fsp3) is 0.600. The molecule has 8 nitrogen and oxygen atoms in total. The van der Waals surface area contributed by atoms with E-state index in [2.05, 4.69) is 0 Å². The van der Waals surface area contributed by atoms with Gasteiger partial charge in [0.1, 0.15) is 0 Å². The molecule has 0 amide bonds. The molecule has 18 heavy (non-hydrogen) atoms. The van der Waals surface area contributed by atoms with Crippen molar-refractivity contribution in [2.45, 2.75) is 26.7 Å². The van der Waals surface area contributed by atoms with Gasteiger partial charge in [-0.05, 0) is 20.3 Å². The Bertz CT molecular complexity index is 385. The van der Waals surface area contributed by atoms with Crippen LogP contribution in [0.4, 0.5) is 0 Å². The number of hydrogen-bond donors (Lipinski definition) is 4. The molecule has 0 bridgehead atoms. The molecule has 0 saturated carbocycles. The van der Waals surface area contributed by atoms with Crippen LogP contribution in [0.15, 0.2) is 0 Å². The quantitative estimate of drug-likeness (QED) is 0.472. The summed E-state index contributed by atoms with van der Waals surface area (Å²) >= 11 is 0. The predicted molar refractivity (Wildman–Crippen MR) is 56.0 cm³/mol. The molecule has 0 aromatic carbocycles. The van der Waals surface area contributed by atoms with E-state index in [1.165, 1.54) is 0 Å². The van der Waals surface area contributed by atoms with Crippen molar-refractivity contribution in [2.75, 3.05) is 0 Å². The number of aliphatic carboxylic acids is 4. The summed E-state index contributed by atoms with van der Waals surface area (Å²) in [6, 6.07) is 0. The lowest BCUT2D eigenvalue weighted by molar-refractivity contribution is -0.184. The van der Waals surface area contributed by atoms with Crippen LogP contribution >= 0.6 is 0 Å². The van der Waals surface area contributed by atoms with Gasteiger partial charge in [0, 0.05) is 6.42 Å². The Morgan fingerprint density at radius 2 is 1.22 bits per heavy atom. The molecule has 0 spiro atoms. The summed E-state index contributed by atoms with van der Waals surface area (Å²) < 4.78 is 0. The van der Waals surface area contributed by atoms with Gasteiger partial charge in [0.05, 0.1) is 5.41 Å². The first-order valence-electron chi connectivity index (χ1n) is 4.92. The summed E-state index contributed by atoms with van der Waals surface area (Å²) in [6.07, 6.45) is -1.24. The Kier molecular flexibility index (Phi) is 4.43. The summed E-state index contributed by atoms with van der Waals surface area (Å²) in [4.78, 5) is 43.8. The van der Waals surface area contributed by atoms with Crippen LogP contribution < -0.4 is 0 Å². The van der Waals surface area contributed by atoms with Crippen molar-refractivity contribution in [2.24, 2.45) is 10.8 Å². The van der Waals surface area contributed by atoms with Gasteiger partial charge in [-0.2, -0.15) is 0 Å². The summed E-state index contributed by atoms with van der Waals surface area (Å²) in [7, 11) is 0. The van der Waals surface area contributed by atoms with Crippen LogP contribution in [-0.2, 0) is 19.2 Å². The molecule has 0 aliphatic heterocycles. The highest BCUT2D eigenvalue weighted by Crippen LogP contribution is 2.44. The number of carboxylic acid groups (broad SMARTS) is 4. The third kappa shape index (κ3) is 2.41. The molecule has 0 heterocycles. The largest absolute Gasteiger partial charge is 0.481 e. The van der Waals surface area contributed by atoms with Gasteiger partial charge in [-0.25, -0.2) is 0 Å². The van der Waals surface area contributed by atoms with Crippen LogP contribution in [-0.4, -0.2) is 44.3 Å². The Hall–Kier alpha value is -2.12. The SMILES string of the molecule is CC(CCC(=O)O)(C(=O)O)C(C)(C(=O)O)C(=O)O. The Morgan fingerprint density at radius 1 is 0.833 bits per heavy atom. The highest BCUT2D eigenvalue weighted by molar-refractivity contribution is 6.03. The van der Waals surface area contributed by atoms with Gasteiger partial charge < -0.3 is 20.4 Å². The lowest BCUT2D eigenvalue weighted by Gasteiger charge is -2.36. The van der Waals surface area contributed by atoms with Gasteiger partial charge in [-0.3, -0.25) is 19.2 Å². The van der Waals surface area contributed by atoms with E-state index in [1.807, 2.05) is 0 Å². The number of hydrogen-bond acceptors (Lipinski definition) is 4. The first-order valence-corrected chi connectivity index (χ1v) is 4.92. The zero-order valence-electron chi connectivity index (χ0n) is 9.84. The van der Waals surface area contributed by atoms with Crippen LogP contribution in [0.25, 0.3) is 0 Å². The fourth-order valence-electron chi connectivity index (χ4n) is 1.49. The van der Waals surface area contributed by atoms with Crippen LogP contribution in [0.3, 0.4) is 0 Å². The van der Waals surface area contributed by atoms with E-state index in [0.717, 1.165) is 13.8 Å². The molecule has 0 fully saturated rings. The van der Waals surface area contributed by atoms with Crippen molar-refractivity contribution in [3.8, 4) is 0 Å². The maximum absolute atomic E-state index is 11.2. The van der Waals surface area contributed by atoms with E-state index in [9.17, 15) is 19.2 Å². The molecule has 102 valence electrons. The second-order valence-corrected chi connectivity index (χ2v) is 4.27. The van der Waals surface area contributed by atoms with E-state index in [0.29, 0.717) is 0 Å². The van der Waals surface area contributed by atoms with Gasteiger partial charge in [-0.1, -0.05) is 0 Å². The minimum absolute atomic E-state index is 0.604. The molecule has 0 aromatic heterocycles. The van der Waals surface area contributed by atoms with E-state index in [4.69, 9.17) is 20.4 Å². The van der Waals surface area contributed by atoms with E-state index >= 15 is 0 Å². The zero-order valence-corrected chi connectivity index (χ0v) is 9.84. The van der Waals surface area contributed by atoms with Crippen molar-refractivity contribution >= 4 is 23.9 Å². The third-order valence-corrected chi connectivity index (χ3v) is 3.27. The molecule has 8 heteroatoms. The van der Waals surface area contributed by atoms with Gasteiger partial charge in [0.15, 0.2) is 5.41 Å². The first kappa shape index (κ1) is 15.9. The lowest BCUT2D eigenvalue weighted by atomic mass is 9.63. The molecule has 0 rings (SSSR count). The molecule has 0 saturated heterocycles. The monoisotopic (exact) mass is 262 g/mol. The predicted octanol–water partition coefficient (Wildman–Crippen LogP) is 0.118. The average molecular weight is 262 g/mol. The molecule has 0 aliphatic rings. The van der Waals surface area contributed by atoms with Crippen molar-refractivity contribution in [1.29, 1.82) is 0 Å². The van der Waals surface area contributed by atoms with Crippen molar-refractivity contribution < 1.29 is 39.6 Å². The molecule has 1 atom stereocenters. The molecular formula is C10H14O8. The highest BCUT2D eigenvalue weighted by atomic mass is 16.4. The van der Waals surface area contributed by atoms with Crippen molar-refractivity contribution in [1.82, 2.24) is 0 Å². The van der Waals surface area contributed by atoms with Gasteiger partial charge >= 0.3 is 23.9 Å². The first-order chi connectivity index (χ1) is 8.00. The van der Waals surface area contributed by atoms with Gasteiger partial charge in [-0.15, -0.1) is 0 Å². The summed E-state index contributed by atoms with van der Waals surface area (Å²) in [5, 5.41) is 35.5. The summed E-state index contributed by atoms with van der Waals surface area (Å²) in [5.74, 6) is -6.66. The standard InChI is InChI=1S/C10H14O8/c1-9(6(13)14,4-3-5(11)12)10(2,7(15)16)8(17)18/h3-4H2,1-2H3,(H,11,12)(H,13,14)(H,15,16)(H,17,18). The molecular weight excluding hydrogens is 248 g/mol. The summed E-state index contributed by atoms with van der Waals surface area (Å²) in [6.45, 7) is 1.67. The topological polar surface area (TPSA) is 149 Å². The smallest absolute Gasteiger partial charge is 0.321 e. The zero-order chi connectivity index (χ0) is 14.7. The second kappa shape index (κ2) is 5.03. The minimum Gasteiger partial charge on any atom is -0.481 e. The molecule has 0 radical (unpaired) electrons. The molecule has 0 aliphatic carbocycles. The number of carboxylic acids is 4. The van der Waals surface area contributed by atoms with Crippen molar-refractivity contribution in [3.05, 3.63) is 0 Å². The highest BCUT2D eigenvalue weighted by Gasteiger charge is 2.60. The van der Waals surface area contributed by atoms with E-state index in [1.54, 1.807) is 0 Å². The number of carbonyl (C=O) groups is 4. The molecule has 4 N–H and O–H groups in total. The molecule has 1 unspecified atom stereocenters. The van der Waals surface area contributed by atoms with Gasteiger partial charge in [0.2, 0.25) is 0 Å². The maximum Gasteiger partial charge on any atom is 0.321 e. The van der Waals surface area contributed by atoms with Crippen molar-refractivity contribution in [3.63, 3.8) is 0 Å². The third-order valence-electron chi connectivity index (χ3n) is 3.27. The Labute approximate surface area is 102 Å². The minimum atomic E-state index is -2.62. The van der Waals surface area contributed by atoms with E-state index in [-0.39, 0.29) is 0 Å². The molecule has 0 aromatic rings. The average Bonchev–Trinajstić information content (AvgIpc) is 2.23. The van der Waals surface area contributed by atoms with E-state index < -0.39 is 47.5 Å². The fourth-order valence-corrected chi connectivity index (χ4v) is 1.49. The summed E-state index contributed by atoms with van der Waals surface area (Å²) in [5.41, 5.74) is -4.85. The Balaban J connectivity index is 5.69. The maximum atomic E-state index is 11.2. The van der Waals surface area contributed by atoms with Gasteiger partial charge in [0.25, 0.3) is 0 Å². The number of rotatable bonds is 7.